The van der Waals surface area contributed by atoms with Gasteiger partial charge in [-0.3, -0.25) is 9.59 Å². The van der Waals surface area contributed by atoms with Gasteiger partial charge in [0.1, 0.15) is 0 Å². The summed E-state index contributed by atoms with van der Waals surface area (Å²) in [4.78, 5) is 28.0. The summed E-state index contributed by atoms with van der Waals surface area (Å²) in [5.41, 5.74) is 7.48. The van der Waals surface area contributed by atoms with Crippen LogP contribution in [0.2, 0.25) is 0 Å². The molecule has 4 nitrogen and oxygen atoms in total. The van der Waals surface area contributed by atoms with Crippen LogP contribution in [0.15, 0.2) is 41.8 Å². The van der Waals surface area contributed by atoms with E-state index >= 15 is 0 Å². The van der Waals surface area contributed by atoms with Gasteiger partial charge in [-0.25, -0.2) is 0 Å². The molecular formula is C21H24N2O2S. The first kappa shape index (κ1) is 17.3. The number of amides is 2. The lowest BCUT2D eigenvalue weighted by atomic mass is 9.74. The van der Waals surface area contributed by atoms with E-state index in [4.69, 9.17) is 5.73 Å². The Hall–Kier alpha value is -2.14. The number of hydrogen-bond donors (Lipinski definition) is 1. The van der Waals surface area contributed by atoms with Crippen LogP contribution in [0.25, 0.3) is 10.4 Å². The summed E-state index contributed by atoms with van der Waals surface area (Å²) in [7, 11) is 0. The summed E-state index contributed by atoms with van der Waals surface area (Å²) in [6, 6.07) is 12.5. The van der Waals surface area contributed by atoms with Crippen LogP contribution in [0, 0.1) is 11.3 Å². The maximum atomic E-state index is 12.5. The number of carbonyl (C=O) groups is 2. The van der Waals surface area contributed by atoms with E-state index in [9.17, 15) is 9.59 Å². The first-order chi connectivity index (χ1) is 12.6. The molecule has 2 amide bonds. The lowest BCUT2D eigenvalue weighted by Gasteiger charge is -2.41. The Morgan fingerprint density at radius 1 is 1.19 bits per heavy atom. The Kier molecular flexibility index (Phi) is 4.57. The van der Waals surface area contributed by atoms with Crippen molar-refractivity contribution in [1.82, 2.24) is 4.90 Å². The molecule has 136 valence electrons. The van der Waals surface area contributed by atoms with E-state index in [1.807, 2.05) is 11.0 Å². The second kappa shape index (κ2) is 6.88. The van der Waals surface area contributed by atoms with Gasteiger partial charge in [0.15, 0.2) is 0 Å². The van der Waals surface area contributed by atoms with Crippen LogP contribution < -0.4 is 5.73 Å². The maximum Gasteiger partial charge on any atom is 0.225 e. The average molecular weight is 369 g/mol. The lowest BCUT2D eigenvalue weighted by molar-refractivity contribution is -0.140. The van der Waals surface area contributed by atoms with Gasteiger partial charge < -0.3 is 10.6 Å². The monoisotopic (exact) mass is 368 g/mol. The topological polar surface area (TPSA) is 63.4 Å². The highest BCUT2D eigenvalue weighted by Crippen LogP contribution is 2.38. The largest absolute Gasteiger partial charge is 0.369 e. The minimum Gasteiger partial charge on any atom is -0.369 e. The fourth-order valence-corrected chi connectivity index (χ4v) is 4.69. The smallest absolute Gasteiger partial charge is 0.225 e. The fourth-order valence-electron chi connectivity index (χ4n) is 3.96. The van der Waals surface area contributed by atoms with E-state index in [1.165, 1.54) is 10.4 Å². The molecule has 5 heteroatoms. The molecule has 1 saturated carbocycles. The van der Waals surface area contributed by atoms with Crippen molar-refractivity contribution in [2.24, 2.45) is 17.1 Å². The van der Waals surface area contributed by atoms with Gasteiger partial charge in [-0.1, -0.05) is 30.3 Å². The third kappa shape index (κ3) is 3.40. The van der Waals surface area contributed by atoms with Crippen LogP contribution in [0.4, 0.5) is 0 Å². The lowest BCUT2D eigenvalue weighted by Crippen LogP contribution is -2.53. The second-order valence-electron chi connectivity index (χ2n) is 7.63. The minimum absolute atomic E-state index is 0.184. The summed E-state index contributed by atoms with van der Waals surface area (Å²) in [6.45, 7) is 1.21. The molecule has 2 aliphatic rings. The zero-order valence-corrected chi connectivity index (χ0v) is 15.6. The van der Waals surface area contributed by atoms with Crippen molar-refractivity contribution in [3.63, 3.8) is 0 Å². The van der Waals surface area contributed by atoms with Crippen LogP contribution in [-0.4, -0.2) is 29.8 Å². The van der Waals surface area contributed by atoms with Crippen molar-refractivity contribution in [1.29, 1.82) is 0 Å². The van der Waals surface area contributed by atoms with Crippen molar-refractivity contribution >= 4 is 23.2 Å². The van der Waals surface area contributed by atoms with E-state index in [0.717, 1.165) is 37.8 Å². The van der Waals surface area contributed by atoms with Gasteiger partial charge in [-0.15, -0.1) is 11.3 Å². The standard InChI is InChI=1S/C21H24N2O2S/c22-20(25)21(10-2-11-23(14-21)19(24)17-8-9-17)13-15-4-6-16(7-5-15)18-3-1-12-26-18/h1,3-7,12,17H,2,8-11,13-14H2,(H2,22,25)/t21-/m0/s1. The Morgan fingerprint density at radius 3 is 2.58 bits per heavy atom. The van der Waals surface area contributed by atoms with Gasteiger partial charge in [0.2, 0.25) is 11.8 Å². The summed E-state index contributed by atoms with van der Waals surface area (Å²) in [5, 5.41) is 2.07. The highest BCUT2D eigenvalue weighted by Gasteiger charge is 2.44. The zero-order valence-electron chi connectivity index (χ0n) is 14.8. The molecule has 26 heavy (non-hydrogen) atoms. The molecule has 1 aliphatic carbocycles. The Labute approximate surface area is 158 Å². The third-order valence-corrected chi connectivity index (χ3v) is 6.56. The van der Waals surface area contributed by atoms with Gasteiger partial charge >= 0.3 is 0 Å². The molecule has 2 N–H and O–H groups in total. The average Bonchev–Trinajstić information content (AvgIpc) is 3.36. The molecule has 4 rings (SSSR count). The number of thiophene rings is 1. The number of benzene rings is 1. The van der Waals surface area contributed by atoms with Gasteiger partial charge in [-0.2, -0.15) is 0 Å². The maximum absolute atomic E-state index is 12.5. The molecule has 0 unspecified atom stereocenters. The highest BCUT2D eigenvalue weighted by molar-refractivity contribution is 7.13. The molecule has 1 atom stereocenters. The van der Waals surface area contributed by atoms with Gasteiger partial charge in [0.25, 0.3) is 0 Å². The molecule has 0 spiro atoms. The predicted octanol–water partition coefficient (Wildman–Crippen LogP) is 3.46. The summed E-state index contributed by atoms with van der Waals surface area (Å²) >= 11 is 1.72. The highest BCUT2D eigenvalue weighted by atomic mass is 32.1. The third-order valence-electron chi connectivity index (χ3n) is 5.64. The summed E-state index contributed by atoms with van der Waals surface area (Å²) < 4.78 is 0. The molecule has 1 saturated heterocycles. The predicted molar refractivity (Wildman–Crippen MR) is 104 cm³/mol. The van der Waals surface area contributed by atoms with Gasteiger partial charge in [0, 0.05) is 23.9 Å². The first-order valence-corrected chi connectivity index (χ1v) is 10.2. The number of hydrogen-bond acceptors (Lipinski definition) is 3. The van der Waals surface area contributed by atoms with E-state index in [1.54, 1.807) is 11.3 Å². The quantitative estimate of drug-likeness (QED) is 0.878. The SMILES string of the molecule is NC(=O)[C@]1(Cc2ccc(-c3cccs3)cc2)CCCN(C(=O)C2CC2)C1. The molecular weight excluding hydrogens is 344 g/mol. The van der Waals surface area contributed by atoms with Crippen LogP contribution >= 0.6 is 11.3 Å². The van der Waals surface area contributed by atoms with Crippen molar-refractivity contribution in [2.75, 3.05) is 13.1 Å². The molecule has 1 aliphatic heterocycles. The van der Waals surface area contributed by atoms with Crippen LogP contribution in [0.5, 0.6) is 0 Å². The minimum atomic E-state index is -0.646. The van der Waals surface area contributed by atoms with Crippen molar-refractivity contribution in [3.8, 4) is 10.4 Å². The number of nitrogens with two attached hydrogens (primary N) is 1. The molecule has 2 aromatic rings. The van der Waals surface area contributed by atoms with Crippen molar-refractivity contribution in [3.05, 3.63) is 47.3 Å². The number of likely N-dealkylation sites (tertiary alicyclic amines) is 1. The fraction of sp³-hybridized carbons (Fsp3) is 0.429. The first-order valence-electron chi connectivity index (χ1n) is 9.29. The molecule has 2 fully saturated rings. The number of nitrogens with zero attached hydrogens (tertiary/aromatic N) is 1. The molecule has 1 aromatic carbocycles. The van der Waals surface area contributed by atoms with E-state index < -0.39 is 5.41 Å². The normalized spacial score (nSPS) is 23.0. The van der Waals surface area contributed by atoms with Crippen LogP contribution in [0.1, 0.15) is 31.2 Å². The zero-order chi connectivity index (χ0) is 18.1. The molecule has 2 heterocycles. The van der Waals surface area contributed by atoms with Gasteiger partial charge in [-0.05, 0) is 54.7 Å². The van der Waals surface area contributed by atoms with E-state index in [-0.39, 0.29) is 17.7 Å². The van der Waals surface area contributed by atoms with Crippen molar-refractivity contribution < 1.29 is 9.59 Å². The Morgan fingerprint density at radius 2 is 1.96 bits per heavy atom. The van der Waals surface area contributed by atoms with Crippen LogP contribution in [-0.2, 0) is 16.0 Å². The summed E-state index contributed by atoms with van der Waals surface area (Å²) in [5.74, 6) is 0.111. The molecule has 1 aromatic heterocycles. The number of piperidine rings is 1. The molecule has 0 bridgehead atoms. The van der Waals surface area contributed by atoms with E-state index in [0.29, 0.717) is 13.0 Å². The van der Waals surface area contributed by atoms with Gasteiger partial charge in [0.05, 0.1) is 5.41 Å². The number of primary amides is 1. The Balaban J connectivity index is 1.52. The number of rotatable bonds is 5. The van der Waals surface area contributed by atoms with E-state index in [2.05, 4.69) is 35.7 Å². The number of carbonyl (C=O) groups excluding carboxylic acids is 2. The summed E-state index contributed by atoms with van der Waals surface area (Å²) in [6.07, 6.45) is 4.17. The van der Waals surface area contributed by atoms with Crippen molar-refractivity contribution in [2.45, 2.75) is 32.1 Å². The van der Waals surface area contributed by atoms with Crippen LogP contribution in [0.3, 0.4) is 0 Å². The Bertz CT molecular complexity index is 796. The second-order valence-corrected chi connectivity index (χ2v) is 8.58. The molecule has 0 radical (unpaired) electrons.